The van der Waals surface area contributed by atoms with E-state index in [2.05, 4.69) is 29.1 Å². The predicted molar refractivity (Wildman–Crippen MR) is 83.3 cm³/mol. The molecule has 5 nitrogen and oxygen atoms in total. The van der Waals surface area contributed by atoms with Gasteiger partial charge in [-0.1, -0.05) is 42.5 Å². The molecule has 21 heavy (non-hydrogen) atoms. The fraction of sp³-hybridized carbons (Fsp3) is 0.267. The zero-order valence-corrected chi connectivity index (χ0v) is 13.1. The second-order valence-corrected chi connectivity index (χ2v) is 6.22. The van der Waals surface area contributed by atoms with Gasteiger partial charge in [-0.05, 0) is 25.0 Å². The molecule has 0 atom stereocenters. The molecule has 0 fully saturated rings. The lowest BCUT2D eigenvalue weighted by Crippen LogP contribution is -2.06. The fourth-order valence-corrected chi connectivity index (χ4v) is 2.72. The third kappa shape index (κ3) is 5.25. The lowest BCUT2D eigenvalue weighted by atomic mass is 10.2. The second kappa shape index (κ2) is 9.22. The van der Waals surface area contributed by atoms with Gasteiger partial charge in [0.25, 0.3) is 0 Å². The van der Waals surface area contributed by atoms with Crippen LogP contribution in [0.4, 0.5) is 0 Å². The summed E-state index contributed by atoms with van der Waals surface area (Å²) in [6, 6.07) is 8.56. The van der Waals surface area contributed by atoms with E-state index in [1.807, 2.05) is 0 Å². The number of hydrogen-bond acceptors (Lipinski definition) is 3. The van der Waals surface area contributed by atoms with Crippen LogP contribution in [-0.2, 0) is 13.6 Å². The van der Waals surface area contributed by atoms with E-state index in [9.17, 15) is 4.57 Å². The summed E-state index contributed by atoms with van der Waals surface area (Å²) in [4.78, 5) is 2.98. The Morgan fingerprint density at radius 2 is 1.52 bits per heavy atom. The number of benzene rings is 1. The summed E-state index contributed by atoms with van der Waals surface area (Å²) in [5.41, 5.74) is 9.22. The van der Waals surface area contributed by atoms with Crippen LogP contribution in [0, 0.1) is 0 Å². The molecule has 0 spiro atoms. The first kappa shape index (κ1) is 17.3. The summed E-state index contributed by atoms with van der Waals surface area (Å²) in [7, 11) is -1.04. The van der Waals surface area contributed by atoms with Crippen LogP contribution in [0.3, 0.4) is 0 Å². The first-order valence-electron chi connectivity index (χ1n) is 6.47. The fourth-order valence-electron chi connectivity index (χ4n) is 1.65. The van der Waals surface area contributed by atoms with E-state index in [1.54, 1.807) is 30.3 Å². The molecule has 112 valence electrons. The molecule has 0 amide bonds. The van der Waals surface area contributed by atoms with Crippen molar-refractivity contribution >= 4 is 13.0 Å². The van der Waals surface area contributed by atoms with Crippen LogP contribution in [-0.4, -0.2) is 24.5 Å². The van der Waals surface area contributed by atoms with Crippen molar-refractivity contribution in [3.8, 4) is 0 Å². The Hall–Kier alpha value is -1.77. The Balaban J connectivity index is 0.000000304. The van der Waals surface area contributed by atoms with E-state index in [4.69, 9.17) is 14.6 Å². The molecule has 0 bridgehead atoms. The molecule has 0 saturated heterocycles. The molecule has 6 heteroatoms. The summed E-state index contributed by atoms with van der Waals surface area (Å²) in [5.74, 6) is 0. The van der Waals surface area contributed by atoms with E-state index < -0.39 is 7.60 Å². The number of nitrogens with zero attached hydrogens (tertiary/aromatic N) is 2. The van der Waals surface area contributed by atoms with Crippen molar-refractivity contribution in [1.82, 2.24) is 0 Å². The van der Waals surface area contributed by atoms with Crippen LogP contribution in [0.1, 0.15) is 18.4 Å². The van der Waals surface area contributed by atoms with E-state index in [-0.39, 0.29) is 5.45 Å². The first-order valence-corrected chi connectivity index (χ1v) is 8.01. The maximum atomic E-state index is 11.9. The molecule has 1 aliphatic carbocycles. The summed E-state index contributed by atoms with van der Waals surface area (Å²) in [5, 5.41) is 0. The maximum Gasteiger partial charge on any atom is 0.442 e. The minimum absolute atomic E-state index is 0.104. The van der Waals surface area contributed by atoms with Crippen LogP contribution in [0.25, 0.3) is 5.53 Å². The Morgan fingerprint density at radius 1 is 1.05 bits per heavy atom. The quantitative estimate of drug-likeness (QED) is 0.277. The van der Waals surface area contributed by atoms with Crippen molar-refractivity contribution in [2.75, 3.05) is 14.2 Å². The molecule has 2 rings (SSSR count). The van der Waals surface area contributed by atoms with Crippen molar-refractivity contribution < 1.29 is 18.4 Å². The van der Waals surface area contributed by atoms with Gasteiger partial charge in [-0.3, -0.25) is 0 Å². The Labute approximate surface area is 125 Å². The summed E-state index contributed by atoms with van der Waals surface area (Å²) >= 11 is 0. The van der Waals surface area contributed by atoms with Gasteiger partial charge in [-0.15, -0.1) is 0 Å². The van der Waals surface area contributed by atoms with Gasteiger partial charge in [0.1, 0.15) is 0 Å². The molecular weight excluding hydrogens is 287 g/mol. The normalized spacial score (nSPS) is 13.0. The average molecular weight is 306 g/mol. The SMILES string of the molecule is C1=CCC=CC1.COP(=O)(OC)C(=[N+]=[N-])c1ccccc1. The van der Waals surface area contributed by atoms with Gasteiger partial charge in [0.2, 0.25) is 0 Å². The zero-order valence-electron chi connectivity index (χ0n) is 12.2. The smallest absolute Gasteiger partial charge is 0.360 e. The Morgan fingerprint density at radius 3 is 1.86 bits per heavy atom. The highest BCUT2D eigenvalue weighted by Crippen LogP contribution is 2.49. The molecule has 0 aromatic heterocycles. The van der Waals surface area contributed by atoms with Gasteiger partial charge < -0.3 is 14.6 Å². The van der Waals surface area contributed by atoms with Crippen LogP contribution in [0.15, 0.2) is 54.6 Å². The Kier molecular flexibility index (Phi) is 7.59. The standard InChI is InChI=1S/C9H11N2O3P.C6H8/c1-13-15(12,14-2)9(11-10)8-6-4-3-5-7-8;1-2-4-6-5-3-1/h3-7H,1-2H3;1-2,5-6H,3-4H2. The predicted octanol–water partition coefficient (Wildman–Crippen LogP) is 4.04. The van der Waals surface area contributed by atoms with Gasteiger partial charge in [0.05, 0.1) is 5.56 Å². The largest absolute Gasteiger partial charge is 0.442 e. The average Bonchev–Trinajstić information content (AvgIpc) is 2.58. The number of rotatable bonds is 4. The van der Waals surface area contributed by atoms with Crippen molar-refractivity contribution in [3.63, 3.8) is 0 Å². The molecule has 0 saturated carbocycles. The molecule has 0 radical (unpaired) electrons. The first-order chi connectivity index (χ1) is 10.2. The van der Waals surface area contributed by atoms with Crippen molar-refractivity contribution in [3.05, 3.63) is 65.7 Å². The van der Waals surface area contributed by atoms with E-state index in [0.717, 1.165) is 12.8 Å². The van der Waals surface area contributed by atoms with Gasteiger partial charge in [0.15, 0.2) is 0 Å². The van der Waals surface area contributed by atoms with Crippen molar-refractivity contribution in [2.24, 2.45) is 0 Å². The molecule has 0 aliphatic heterocycles. The monoisotopic (exact) mass is 306 g/mol. The molecule has 0 N–H and O–H groups in total. The van der Waals surface area contributed by atoms with Crippen molar-refractivity contribution in [1.29, 1.82) is 0 Å². The highest BCUT2D eigenvalue weighted by atomic mass is 31.2. The Bertz CT molecular complexity index is 562. The molecule has 1 aromatic carbocycles. The van der Waals surface area contributed by atoms with E-state index in [1.165, 1.54) is 14.2 Å². The van der Waals surface area contributed by atoms with Gasteiger partial charge >= 0.3 is 13.0 Å². The van der Waals surface area contributed by atoms with Gasteiger partial charge in [-0.25, -0.2) is 4.57 Å². The molecule has 1 aromatic rings. The molecule has 0 unspecified atom stereocenters. The van der Waals surface area contributed by atoms with Crippen LogP contribution in [0.5, 0.6) is 0 Å². The maximum absolute atomic E-state index is 11.9. The third-order valence-corrected chi connectivity index (χ3v) is 4.57. The number of allylic oxidation sites excluding steroid dienone is 4. The van der Waals surface area contributed by atoms with Crippen LogP contribution < -0.4 is 0 Å². The van der Waals surface area contributed by atoms with Crippen LogP contribution >= 0.6 is 7.60 Å². The second-order valence-electron chi connectivity index (χ2n) is 4.07. The third-order valence-electron chi connectivity index (χ3n) is 2.74. The molecule has 0 heterocycles. The zero-order chi connectivity index (χ0) is 15.6. The lowest BCUT2D eigenvalue weighted by molar-refractivity contribution is -0.00212. The molecule has 1 aliphatic rings. The van der Waals surface area contributed by atoms with Gasteiger partial charge in [-0.2, -0.15) is 4.79 Å². The summed E-state index contributed by atoms with van der Waals surface area (Å²) in [6.45, 7) is 0. The van der Waals surface area contributed by atoms with Crippen LogP contribution in [0.2, 0.25) is 0 Å². The minimum atomic E-state index is -3.51. The highest BCUT2D eigenvalue weighted by molar-refractivity contribution is 7.72. The highest BCUT2D eigenvalue weighted by Gasteiger charge is 2.39. The summed E-state index contributed by atoms with van der Waals surface area (Å²) in [6.07, 6.45) is 11.0. The van der Waals surface area contributed by atoms with Gasteiger partial charge in [0, 0.05) is 14.2 Å². The topological polar surface area (TPSA) is 71.9 Å². The van der Waals surface area contributed by atoms with E-state index in [0.29, 0.717) is 5.56 Å². The minimum Gasteiger partial charge on any atom is -0.360 e. The lowest BCUT2D eigenvalue weighted by Gasteiger charge is -2.08. The van der Waals surface area contributed by atoms with E-state index >= 15 is 0 Å². The molecular formula is C15H19N2O3P. The van der Waals surface area contributed by atoms with Crippen molar-refractivity contribution in [2.45, 2.75) is 12.8 Å². The summed E-state index contributed by atoms with van der Waals surface area (Å²) < 4.78 is 21.4. The number of hydrogen-bond donors (Lipinski definition) is 0.